The van der Waals surface area contributed by atoms with E-state index in [1.165, 1.54) is 22.0 Å². The highest BCUT2D eigenvalue weighted by Crippen LogP contribution is 2.19. The SMILES string of the molecule is CN(C)Cc1ccc(NCc2cccc3[nH]ccc23)cc1. The van der Waals surface area contributed by atoms with E-state index < -0.39 is 0 Å². The summed E-state index contributed by atoms with van der Waals surface area (Å²) in [5.41, 5.74) is 4.99. The number of benzene rings is 2. The van der Waals surface area contributed by atoms with Gasteiger partial charge in [-0.25, -0.2) is 0 Å². The van der Waals surface area contributed by atoms with Crippen molar-refractivity contribution in [2.75, 3.05) is 19.4 Å². The van der Waals surface area contributed by atoms with Crippen molar-refractivity contribution >= 4 is 16.6 Å². The number of aromatic amines is 1. The first-order valence-electron chi connectivity index (χ1n) is 7.25. The van der Waals surface area contributed by atoms with Gasteiger partial charge in [0.1, 0.15) is 0 Å². The molecule has 0 spiro atoms. The molecule has 2 N–H and O–H groups in total. The fourth-order valence-corrected chi connectivity index (χ4v) is 2.60. The molecule has 0 saturated heterocycles. The van der Waals surface area contributed by atoms with Gasteiger partial charge in [-0.05, 0) is 49.5 Å². The van der Waals surface area contributed by atoms with Crippen molar-refractivity contribution < 1.29 is 0 Å². The number of hydrogen-bond donors (Lipinski definition) is 2. The molecule has 1 aromatic heterocycles. The Bertz CT molecular complexity index is 711. The highest BCUT2D eigenvalue weighted by atomic mass is 15.0. The van der Waals surface area contributed by atoms with E-state index in [0.717, 1.165) is 18.8 Å². The van der Waals surface area contributed by atoms with E-state index in [1.54, 1.807) is 0 Å². The van der Waals surface area contributed by atoms with Gasteiger partial charge in [-0.2, -0.15) is 0 Å². The zero-order valence-corrected chi connectivity index (χ0v) is 12.6. The van der Waals surface area contributed by atoms with Crippen LogP contribution in [0.2, 0.25) is 0 Å². The van der Waals surface area contributed by atoms with Crippen molar-refractivity contribution in [3.05, 3.63) is 65.9 Å². The molecule has 2 aromatic carbocycles. The van der Waals surface area contributed by atoms with Crippen molar-refractivity contribution in [1.82, 2.24) is 9.88 Å². The lowest BCUT2D eigenvalue weighted by molar-refractivity contribution is 0.402. The van der Waals surface area contributed by atoms with Gasteiger partial charge in [0.15, 0.2) is 0 Å². The number of anilines is 1. The molecule has 3 nitrogen and oxygen atoms in total. The first-order valence-corrected chi connectivity index (χ1v) is 7.25. The molecule has 21 heavy (non-hydrogen) atoms. The molecule has 108 valence electrons. The van der Waals surface area contributed by atoms with Gasteiger partial charge in [0.05, 0.1) is 0 Å². The van der Waals surface area contributed by atoms with Crippen molar-refractivity contribution in [3.8, 4) is 0 Å². The van der Waals surface area contributed by atoms with Crippen LogP contribution >= 0.6 is 0 Å². The van der Waals surface area contributed by atoms with Crippen LogP contribution in [-0.2, 0) is 13.1 Å². The fraction of sp³-hybridized carbons (Fsp3) is 0.222. The average Bonchev–Trinajstić information content (AvgIpc) is 2.95. The molecular weight excluding hydrogens is 258 g/mol. The van der Waals surface area contributed by atoms with Crippen molar-refractivity contribution in [1.29, 1.82) is 0 Å². The zero-order chi connectivity index (χ0) is 14.7. The van der Waals surface area contributed by atoms with Crippen molar-refractivity contribution in [2.24, 2.45) is 0 Å². The van der Waals surface area contributed by atoms with Crippen LogP contribution in [0.15, 0.2) is 54.7 Å². The summed E-state index contributed by atoms with van der Waals surface area (Å²) in [5, 5.41) is 4.78. The van der Waals surface area contributed by atoms with Gasteiger partial charge in [0.2, 0.25) is 0 Å². The minimum Gasteiger partial charge on any atom is -0.381 e. The molecule has 0 atom stereocenters. The second kappa shape index (κ2) is 6.02. The van der Waals surface area contributed by atoms with E-state index in [0.29, 0.717) is 0 Å². The van der Waals surface area contributed by atoms with Gasteiger partial charge in [-0.15, -0.1) is 0 Å². The largest absolute Gasteiger partial charge is 0.381 e. The molecule has 3 heteroatoms. The Kier molecular flexibility index (Phi) is 3.93. The molecule has 0 bridgehead atoms. The predicted octanol–water partition coefficient (Wildman–Crippen LogP) is 3.84. The molecule has 0 radical (unpaired) electrons. The molecule has 3 rings (SSSR count). The Morgan fingerprint density at radius 1 is 1.00 bits per heavy atom. The van der Waals surface area contributed by atoms with Gasteiger partial charge in [0.25, 0.3) is 0 Å². The van der Waals surface area contributed by atoms with Gasteiger partial charge >= 0.3 is 0 Å². The fourth-order valence-electron chi connectivity index (χ4n) is 2.60. The number of aromatic nitrogens is 1. The summed E-state index contributed by atoms with van der Waals surface area (Å²) in [6.07, 6.45) is 1.99. The smallest absolute Gasteiger partial charge is 0.0457 e. The van der Waals surface area contributed by atoms with Crippen LogP contribution in [0.3, 0.4) is 0 Å². The van der Waals surface area contributed by atoms with Crippen LogP contribution in [0.4, 0.5) is 5.69 Å². The summed E-state index contributed by atoms with van der Waals surface area (Å²) in [6, 6.07) is 17.2. The first kappa shape index (κ1) is 13.7. The van der Waals surface area contributed by atoms with Gasteiger partial charge < -0.3 is 15.2 Å². The van der Waals surface area contributed by atoms with Crippen LogP contribution in [0.25, 0.3) is 10.9 Å². The van der Waals surface area contributed by atoms with E-state index in [2.05, 4.69) is 77.8 Å². The summed E-state index contributed by atoms with van der Waals surface area (Å²) in [5.74, 6) is 0. The van der Waals surface area contributed by atoms with Crippen LogP contribution in [0.1, 0.15) is 11.1 Å². The lowest BCUT2D eigenvalue weighted by Gasteiger charge is -2.11. The van der Waals surface area contributed by atoms with Gasteiger partial charge in [-0.1, -0.05) is 24.3 Å². The minimum absolute atomic E-state index is 0.836. The number of nitrogens with one attached hydrogen (secondary N) is 2. The molecule has 0 aliphatic heterocycles. The number of rotatable bonds is 5. The third kappa shape index (κ3) is 3.26. The molecule has 0 aliphatic rings. The Hall–Kier alpha value is -2.26. The Labute approximate surface area is 125 Å². The molecule has 1 heterocycles. The van der Waals surface area contributed by atoms with E-state index in [1.807, 2.05) is 6.20 Å². The van der Waals surface area contributed by atoms with E-state index in [-0.39, 0.29) is 0 Å². The second-order valence-corrected chi connectivity index (χ2v) is 5.64. The first-order chi connectivity index (χ1) is 10.2. The molecule has 0 amide bonds. The van der Waals surface area contributed by atoms with E-state index in [9.17, 15) is 0 Å². The molecular formula is C18H21N3. The predicted molar refractivity (Wildman–Crippen MR) is 89.5 cm³/mol. The standard InChI is InChI=1S/C18H21N3/c1-21(2)13-14-6-8-16(9-7-14)20-12-15-4-3-5-18-17(15)10-11-19-18/h3-11,19-20H,12-13H2,1-2H3. The Morgan fingerprint density at radius 3 is 2.57 bits per heavy atom. The van der Waals surface area contributed by atoms with Crippen LogP contribution in [0, 0.1) is 0 Å². The zero-order valence-electron chi connectivity index (χ0n) is 12.6. The third-order valence-corrected chi connectivity index (χ3v) is 3.62. The number of hydrogen-bond acceptors (Lipinski definition) is 2. The minimum atomic E-state index is 0.836. The molecule has 0 unspecified atom stereocenters. The summed E-state index contributed by atoms with van der Waals surface area (Å²) < 4.78 is 0. The summed E-state index contributed by atoms with van der Waals surface area (Å²) >= 11 is 0. The lowest BCUT2D eigenvalue weighted by Crippen LogP contribution is -2.10. The summed E-state index contributed by atoms with van der Waals surface area (Å²) in [7, 11) is 4.17. The van der Waals surface area contributed by atoms with Gasteiger partial charge in [0, 0.05) is 35.9 Å². The molecule has 0 fully saturated rings. The highest BCUT2D eigenvalue weighted by molar-refractivity contribution is 5.83. The average molecular weight is 279 g/mol. The topological polar surface area (TPSA) is 31.1 Å². The molecule has 0 saturated carbocycles. The quantitative estimate of drug-likeness (QED) is 0.743. The maximum Gasteiger partial charge on any atom is 0.0457 e. The molecule has 0 aliphatic carbocycles. The second-order valence-electron chi connectivity index (χ2n) is 5.64. The Balaban J connectivity index is 1.68. The lowest BCUT2D eigenvalue weighted by atomic mass is 10.1. The van der Waals surface area contributed by atoms with E-state index in [4.69, 9.17) is 0 Å². The van der Waals surface area contributed by atoms with Crippen molar-refractivity contribution in [2.45, 2.75) is 13.1 Å². The highest BCUT2D eigenvalue weighted by Gasteiger charge is 2.02. The summed E-state index contributed by atoms with van der Waals surface area (Å²) in [6.45, 7) is 1.81. The normalized spacial score (nSPS) is 11.2. The molecule has 3 aromatic rings. The maximum absolute atomic E-state index is 3.50. The third-order valence-electron chi connectivity index (χ3n) is 3.62. The van der Waals surface area contributed by atoms with E-state index >= 15 is 0 Å². The maximum atomic E-state index is 3.50. The summed E-state index contributed by atoms with van der Waals surface area (Å²) in [4.78, 5) is 5.43. The number of fused-ring (bicyclic) bond motifs is 1. The van der Waals surface area contributed by atoms with Crippen LogP contribution < -0.4 is 5.32 Å². The number of H-pyrrole nitrogens is 1. The van der Waals surface area contributed by atoms with Gasteiger partial charge in [-0.3, -0.25) is 0 Å². The van der Waals surface area contributed by atoms with Crippen LogP contribution in [0.5, 0.6) is 0 Å². The van der Waals surface area contributed by atoms with Crippen molar-refractivity contribution in [3.63, 3.8) is 0 Å². The number of nitrogens with zero attached hydrogens (tertiary/aromatic N) is 1. The monoisotopic (exact) mass is 279 g/mol. The van der Waals surface area contributed by atoms with Crippen LogP contribution in [-0.4, -0.2) is 24.0 Å². The Morgan fingerprint density at radius 2 is 1.81 bits per heavy atom.